The standard InChI is InChI=1S/C14H22N2O/c1-9-6-11(3)13(7-10(9)2)12(4)16-8-14(17)15-5/h6-7,12,16H,8H2,1-5H3,(H,15,17). The summed E-state index contributed by atoms with van der Waals surface area (Å²) in [6, 6.07) is 4.58. The number of hydrogen-bond acceptors (Lipinski definition) is 2. The van der Waals surface area contributed by atoms with E-state index in [0.717, 1.165) is 0 Å². The van der Waals surface area contributed by atoms with Crippen molar-refractivity contribution in [2.45, 2.75) is 33.7 Å². The lowest BCUT2D eigenvalue weighted by atomic mass is 9.96. The predicted molar refractivity (Wildman–Crippen MR) is 71.1 cm³/mol. The number of benzene rings is 1. The van der Waals surface area contributed by atoms with Crippen LogP contribution in [-0.4, -0.2) is 19.5 Å². The van der Waals surface area contributed by atoms with Gasteiger partial charge in [-0.1, -0.05) is 12.1 Å². The van der Waals surface area contributed by atoms with E-state index in [-0.39, 0.29) is 11.9 Å². The molecule has 0 aliphatic carbocycles. The summed E-state index contributed by atoms with van der Waals surface area (Å²) in [4.78, 5) is 11.2. The molecule has 1 aromatic carbocycles. The van der Waals surface area contributed by atoms with Crippen LogP contribution in [0.5, 0.6) is 0 Å². The summed E-state index contributed by atoms with van der Waals surface area (Å²) in [5, 5.41) is 5.83. The van der Waals surface area contributed by atoms with E-state index in [4.69, 9.17) is 0 Å². The van der Waals surface area contributed by atoms with E-state index in [9.17, 15) is 4.79 Å². The molecule has 1 unspecified atom stereocenters. The number of likely N-dealkylation sites (N-methyl/N-ethyl adjacent to an activating group) is 1. The molecule has 0 radical (unpaired) electrons. The third kappa shape index (κ3) is 3.56. The Labute approximate surface area is 104 Å². The van der Waals surface area contributed by atoms with Gasteiger partial charge in [-0.3, -0.25) is 4.79 Å². The van der Waals surface area contributed by atoms with Crippen molar-refractivity contribution < 1.29 is 4.79 Å². The first-order chi connectivity index (χ1) is 7.95. The van der Waals surface area contributed by atoms with Gasteiger partial charge in [-0.15, -0.1) is 0 Å². The topological polar surface area (TPSA) is 41.1 Å². The first-order valence-electron chi connectivity index (χ1n) is 5.97. The normalized spacial score (nSPS) is 12.3. The molecular formula is C14H22N2O. The van der Waals surface area contributed by atoms with Gasteiger partial charge >= 0.3 is 0 Å². The van der Waals surface area contributed by atoms with Crippen molar-refractivity contribution in [2.75, 3.05) is 13.6 Å². The second-order valence-corrected chi connectivity index (χ2v) is 4.57. The fourth-order valence-corrected chi connectivity index (χ4v) is 1.89. The lowest BCUT2D eigenvalue weighted by Gasteiger charge is -2.18. The summed E-state index contributed by atoms with van der Waals surface area (Å²) in [6.45, 7) is 8.78. The summed E-state index contributed by atoms with van der Waals surface area (Å²) in [6.07, 6.45) is 0. The maximum absolute atomic E-state index is 11.2. The zero-order valence-corrected chi connectivity index (χ0v) is 11.3. The van der Waals surface area contributed by atoms with Crippen molar-refractivity contribution in [1.82, 2.24) is 10.6 Å². The zero-order valence-electron chi connectivity index (χ0n) is 11.3. The molecule has 1 amide bonds. The number of carbonyl (C=O) groups excluding carboxylic acids is 1. The Hall–Kier alpha value is -1.35. The highest BCUT2D eigenvalue weighted by molar-refractivity contribution is 5.77. The van der Waals surface area contributed by atoms with E-state index in [2.05, 4.69) is 50.5 Å². The lowest BCUT2D eigenvalue weighted by Crippen LogP contribution is -2.33. The molecule has 0 heterocycles. The van der Waals surface area contributed by atoms with Gasteiger partial charge in [-0.05, 0) is 49.9 Å². The highest BCUT2D eigenvalue weighted by Crippen LogP contribution is 2.21. The van der Waals surface area contributed by atoms with Gasteiger partial charge in [0.2, 0.25) is 5.91 Å². The van der Waals surface area contributed by atoms with E-state index in [0.29, 0.717) is 6.54 Å². The van der Waals surface area contributed by atoms with Crippen LogP contribution in [0, 0.1) is 20.8 Å². The molecule has 0 bridgehead atoms. The van der Waals surface area contributed by atoms with E-state index < -0.39 is 0 Å². The average molecular weight is 234 g/mol. The summed E-state index contributed by atoms with van der Waals surface area (Å²) in [5.41, 5.74) is 5.13. The van der Waals surface area contributed by atoms with Gasteiger partial charge in [0.25, 0.3) is 0 Å². The minimum absolute atomic E-state index is 0.0123. The number of rotatable bonds is 4. The smallest absolute Gasteiger partial charge is 0.233 e. The number of carbonyl (C=O) groups is 1. The highest BCUT2D eigenvalue weighted by atomic mass is 16.1. The second-order valence-electron chi connectivity index (χ2n) is 4.57. The Balaban J connectivity index is 2.78. The van der Waals surface area contributed by atoms with E-state index in [1.54, 1.807) is 7.05 Å². The van der Waals surface area contributed by atoms with Crippen molar-refractivity contribution in [3.8, 4) is 0 Å². The monoisotopic (exact) mass is 234 g/mol. The number of hydrogen-bond donors (Lipinski definition) is 2. The SMILES string of the molecule is CNC(=O)CNC(C)c1cc(C)c(C)cc1C. The van der Waals surface area contributed by atoms with Crippen LogP contribution < -0.4 is 10.6 Å². The minimum Gasteiger partial charge on any atom is -0.358 e. The van der Waals surface area contributed by atoms with Crippen molar-refractivity contribution in [3.05, 3.63) is 34.4 Å². The quantitative estimate of drug-likeness (QED) is 0.836. The van der Waals surface area contributed by atoms with Gasteiger partial charge in [-0.25, -0.2) is 0 Å². The largest absolute Gasteiger partial charge is 0.358 e. The lowest BCUT2D eigenvalue weighted by molar-refractivity contribution is -0.119. The Morgan fingerprint density at radius 1 is 1.18 bits per heavy atom. The average Bonchev–Trinajstić information content (AvgIpc) is 2.30. The van der Waals surface area contributed by atoms with Gasteiger partial charge in [-0.2, -0.15) is 0 Å². The molecule has 3 heteroatoms. The van der Waals surface area contributed by atoms with E-state index in [1.165, 1.54) is 22.3 Å². The van der Waals surface area contributed by atoms with Crippen LogP contribution in [0.1, 0.15) is 35.2 Å². The third-order valence-corrected chi connectivity index (χ3v) is 3.20. The highest BCUT2D eigenvalue weighted by Gasteiger charge is 2.10. The van der Waals surface area contributed by atoms with E-state index >= 15 is 0 Å². The van der Waals surface area contributed by atoms with Crippen molar-refractivity contribution >= 4 is 5.91 Å². The predicted octanol–water partition coefficient (Wildman–Crippen LogP) is 2.01. The fraction of sp³-hybridized carbons (Fsp3) is 0.500. The number of aryl methyl sites for hydroxylation is 3. The summed E-state index contributed by atoms with van der Waals surface area (Å²) in [5.74, 6) is 0.0123. The molecule has 94 valence electrons. The van der Waals surface area contributed by atoms with Crippen molar-refractivity contribution in [1.29, 1.82) is 0 Å². The van der Waals surface area contributed by atoms with Gasteiger partial charge in [0.05, 0.1) is 6.54 Å². The summed E-state index contributed by atoms with van der Waals surface area (Å²) >= 11 is 0. The number of nitrogens with one attached hydrogen (secondary N) is 2. The van der Waals surface area contributed by atoms with Gasteiger partial charge < -0.3 is 10.6 Å². The van der Waals surface area contributed by atoms with Gasteiger partial charge in [0.1, 0.15) is 0 Å². The van der Waals surface area contributed by atoms with Crippen LogP contribution in [0.3, 0.4) is 0 Å². The molecule has 0 aliphatic heterocycles. The molecule has 0 aromatic heterocycles. The molecule has 1 aromatic rings. The van der Waals surface area contributed by atoms with Gasteiger partial charge in [0.15, 0.2) is 0 Å². The molecule has 3 nitrogen and oxygen atoms in total. The van der Waals surface area contributed by atoms with Crippen LogP contribution >= 0.6 is 0 Å². The minimum atomic E-state index is 0.0123. The van der Waals surface area contributed by atoms with Crippen LogP contribution in [0.15, 0.2) is 12.1 Å². The number of amides is 1. The third-order valence-electron chi connectivity index (χ3n) is 3.20. The zero-order chi connectivity index (χ0) is 13.0. The van der Waals surface area contributed by atoms with Crippen LogP contribution in [0.25, 0.3) is 0 Å². The van der Waals surface area contributed by atoms with Crippen LogP contribution in [0.4, 0.5) is 0 Å². The van der Waals surface area contributed by atoms with Crippen molar-refractivity contribution in [3.63, 3.8) is 0 Å². The molecular weight excluding hydrogens is 212 g/mol. The Kier molecular flexibility index (Phi) is 4.70. The molecule has 17 heavy (non-hydrogen) atoms. The van der Waals surface area contributed by atoms with Crippen LogP contribution in [-0.2, 0) is 4.79 Å². The van der Waals surface area contributed by atoms with E-state index in [1.807, 2.05) is 0 Å². The Morgan fingerprint density at radius 2 is 1.76 bits per heavy atom. The summed E-state index contributed by atoms with van der Waals surface area (Å²) in [7, 11) is 1.65. The fourth-order valence-electron chi connectivity index (χ4n) is 1.89. The molecule has 0 fully saturated rings. The maximum Gasteiger partial charge on any atom is 0.233 e. The molecule has 0 saturated heterocycles. The van der Waals surface area contributed by atoms with Gasteiger partial charge in [0, 0.05) is 13.1 Å². The Bertz CT molecular complexity index is 413. The molecule has 0 spiro atoms. The first kappa shape index (κ1) is 13.7. The molecule has 1 atom stereocenters. The summed E-state index contributed by atoms with van der Waals surface area (Å²) < 4.78 is 0. The maximum atomic E-state index is 11.2. The first-order valence-corrected chi connectivity index (χ1v) is 5.97. The molecule has 2 N–H and O–H groups in total. The van der Waals surface area contributed by atoms with Crippen molar-refractivity contribution in [2.24, 2.45) is 0 Å². The van der Waals surface area contributed by atoms with Crippen LogP contribution in [0.2, 0.25) is 0 Å². The second kappa shape index (κ2) is 5.82. The Morgan fingerprint density at radius 3 is 2.35 bits per heavy atom. The molecule has 1 rings (SSSR count). The molecule has 0 saturated carbocycles. The molecule has 0 aliphatic rings.